The van der Waals surface area contributed by atoms with Crippen LogP contribution < -0.4 is 14.4 Å². The van der Waals surface area contributed by atoms with E-state index in [0.717, 1.165) is 35.8 Å². The second-order valence-electron chi connectivity index (χ2n) is 6.06. The molecule has 1 amide bonds. The Kier molecular flexibility index (Phi) is 5.79. The van der Waals surface area contributed by atoms with Crippen LogP contribution in [-0.2, 0) is 4.79 Å². The molecular formula is C21H24N2O3. The lowest BCUT2D eigenvalue weighted by Gasteiger charge is -2.36. The van der Waals surface area contributed by atoms with E-state index in [0.29, 0.717) is 13.1 Å². The van der Waals surface area contributed by atoms with Gasteiger partial charge < -0.3 is 19.3 Å². The fourth-order valence-electron chi connectivity index (χ4n) is 3.13. The monoisotopic (exact) mass is 352 g/mol. The summed E-state index contributed by atoms with van der Waals surface area (Å²) in [5, 5.41) is 0. The number of hydrogen-bond acceptors (Lipinski definition) is 4. The molecule has 1 saturated heterocycles. The minimum absolute atomic E-state index is 0.0237. The van der Waals surface area contributed by atoms with Gasteiger partial charge in [0.2, 0.25) is 5.91 Å². The van der Waals surface area contributed by atoms with Gasteiger partial charge in [0.1, 0.15) is 11.5 Å². The SMILES string of the molecule is COc1ccccc1C=CC(=O)N1CCN(c2ccccc2OC)CC1. The Hall–Kier alpha value is -2.95. The molecule has 1 heterocycles. The van der Waals surface area contributed by atoms with Crippen LogP contribution in [0.15, 0.2) is 54.6 Å². The Labute approximate surface area is 154 Å². The lowest BCUT2D eigenvalue weighted by atomic mass is 10.2. The summed E-state index contributed by atoms with van der Waals surface area (Å²) in [6.45, 7) is 2.95. The molecule has 5 heteroatoms. The van der Waals surface area contributed by atoms with Crippen LogP contribution in [0.25, 0.3) is 6.08 Å². The van der Waals surface area contributed by atoms with E-state index < -0.39 is 0 Å². The minimum atomic E-state index is 0.0237. The van der Waals surface area contributed by atoms with Crippen LogP contribution in [0, 0.1) is 0 Å². The van der Waals surface area contributed by atoms with E-state index >= 15 is 0 Å². The fraction of sp³-hybridized carbons (Fsp3) is 0.286. The van der Waals surface area contributed by atoms with Crippen LogP contribution in [-0.4, -0.2) is 51.2 Å². The van der Waals surface area contributed by atoms with E-state index in [2.05, 4.69) is 11.0 Å². The largest absolute Gasteiger partial charge is 0.496 e. The lowest BCUT2D eigenvalue weighted by molar-refractivity contribution is -0.126. The summed E-state index contributed by atoms with van der Waals surface area (Å²) < 4.78 is 10.8. The average Bonchev–Trinajstić information content (AvgIpc) is 2.72. The van der Waals surface area contributed by atoms with Crippen molar-refractivity contribution in [2.75, 3.05) is 45.3 Å². The fourth-order valence-corrected chi connectivity index (χ4v) is 3.13. The third kappa shape index (κ3) is 3.99. The number of para-hydroxylation sites is 3. The highest BCUT2D eigenvalue weighted by atomic mass is 16.5. The third-order valence-electron chi connectivity index (χ3n) is 4.56. The molecular weight excluding hydrogens is 328 g/mol. The van der Waals surface area contributed by atoms with Gasteiger partial charge in [-0.1, -0.05) is 30.3 Å². The standard InChI is InChI=1S/C21H24N2O3/c1-25-19-9-5-3-7-17(19)11-12-21(24)23-15-13-22(14-16-23)18-8-4-6-10-20(18)26-2/h3-12H,13-16H2,1-2H3. The molecule has 0 atom stereocenters. The van der Waals surface area contributed by atoms with Crippen molar-refractivity contribution >= 4 is 17.7 Å². The number of amides is 1. The molecule has 2 aromatic carbocycles. The molecule has 0 aromatic heterocycles. The first-order valence-corrected chi connectivity index (χ1v) is 8.71. The molecule has 1 fully saturated rings. The van der Waals surface area contributed by atoms with Crippen LogP contribution in [0.2, 0.25) is 0 Å². The van der Waals surface area contributed by atoms with Crippen LogP contribution in [0.1, 0.15) is 5.56 Å². The smallest absolute Gasteiger partial charge is 0.246 e. The lowest BCUT2D eigenvalue weighted by Crippen LogP contribution is -2.48. The summed E-state index contributed by atoms with van der Waals surface area (Å²) in [4.78, 5) is 16.6. The predicted molar refractivity (Wildman–Crippen MR) is 104 cm³/mol. The van der Waals surface area contributed by atoms with Crippen LogP contribution in [0.3, 0.4) is 0 Å². The highest BCUT2D eigenvalue weighted by Crippen LogP contribution is 2.28. The van der Waals surface area contributed by atoms with Crippen LogP contribution >= 0.6 is 0 Å². The van der Waals surface area contributed by atoms with Gasteiger partial charge in [-0.3, -0.25) is 4.79 Å². The summed E-state index contributed by atoms with van der Waals surface area (Å²) in [5.41, 5.74) is 1.97. The predicted octanol–water partition coefficient (Wildman–Crippen LogP) is 3.07. The first kappa shape index (κ1) is 17.9. The van der Waals surface area contributed by atoms with Crippen LogP contribution in [0.4, 0.5) is 5.69 Å². The molecule has 0 unspecified atom stereocenters. The van der Waals surface area contributed by atoms with Crippen LogP contribution in [0.5, 0.6) is 11.5 Å². The molecule has 5 nitrogen and oxygen atoms in total. The van der Waals surface area contributed by atoms with E-state index in [4.69, 9.17) is 9.47 Å². The van der Waals surface area contributed by atoms with Gasteiger partial charge >= 0.3 is 0 Å². The van der Waals surface area contributed by atoms with E-state index in [9.17, 15) is 4.79 Å². The summed E-state index contributed by atoms with van der Waals surface area (Å²) in [6.07, 6.45) is 3.43. The quantitative estimate of drug-likeness (QED) is 0.776. The van der Waals surface area contributed by atoms with Gasteiger partial charge in [-0.15, -0.1) is 0 Å². The second kappa shape index (κ2) is 8.43. The Morgan fingerprint density at radius 1 is 0.885 bits per heavy atom. The third-order valence-corrected chi connectivity index (χ3v) is 4.56. The van der Waals surface area contributed by atoms with Crippen molar-refractivity contribution in [3.63, 3.8) is 0 Å². The number of anilines is 1. The van der Waals surface area contributed by atoms with Gasteiger partial charge in [0.05, 0.1) is 19.9 Å². The molecule has 1 aliphatic rings. The van der Waals surface area contributed by atoms with Gasteiger partial charge in [0.15, 0.2) is 0 Å². The van der Waals surface area contributed by atoms with Gasteiger partial charge in [0.25, 0.3) is 0 Å². The van der Waals surface area contributed by atoms with Gasteiger partial charge in [-0.2, -0.15) is 0 Å². The number of carbonyl (C=O) groups is 1. The van der Waals surface area contributed by atoms with Gasteiger partial charge in [0, 0.05) is 37.8 Å². The van der Waals surface area contributed by atoms with Crippen molar-refractivity contribution in [3.8, 4) is 11.5 Å². The summed E-state index contributed by atoms with van der Waals surface area (Å²) >= 11 is 0. The van der Waals surface area contributed by atoms with E-state index in [1.54, 1.807) is 20.3 Å². The number of rotatable bonds is 5. The topological polar surface area (TPSA) is 42.0 Å². The summed E-state index contributed by atoms with van der Waals surface area (Å²) in [7, 11) is 3.31. The Balaban J connectivity index is 1.61. The van der Waals surface area contributed by atoms with E-state index in [1.165, 1.54) is 0 Å². The number of piperazine rings is 1. The van der Waals surface area contributed by atoms with E-state index in [-0.39, 0.29) is 5.91 Å². The highest BCUT2D eigenvalue weighted by Gasteiger charge is 2.21. The maximum Gasteiger partial charge on any atom is 0.246 e. The second-order valence-corrected chi connectivity index (χ2v) is 6.06. The van der Waals surface area contributed by atoms with Crippen molar-refractivity contribution < 1.29 is 14.3 Å². The zero-order valence-electron chi connectivity index (χ0n) is 15.2. The Bertz CT molecular complexity index is 780. The molecule has 0 N–H and O–H groups in total. The molecule has 0 radical (unpaired) electrons. The van der Waals surface area contributed by atoms with Crippen molar-refractivity contribution in [3.05, 3.63) is 60.2 Å². The summed E-state index contributed by atoms with van der Waals surface area (Å²) in [6, 6.07) is 15.6. The van der Waals surface area contributed by atoms with Gasteiger partial charge in [-0.25, -0.2) is 0 Å². The van der Waals surface area contributed by atoms with Crippen molar-refractivity contribution in [1.29, 1.82) is 0 Å². The Morgan fingerprint density at radius 2 is 1.50 bits per heavy atom. The molecule has 3 rings (SSSR count). The molecule has 0 aliphatic carbocycles. The maximum absolute atomic E-state index is 12.5. The number of ether oxygens (including phenoxy) is 2. The number of benzene rings is 2. The normalized spacial score (nSPS) is 14.5. The van der Waals surface area contributed by atoms with Gasteiger partial charge in [-0.05, 0) is 24.3 Å². The number of carbonyl (C=O) groups excluding carboxylic acids is 1. The van der Waals surface area contributed by atoms with Crippen molar-refractivity contribution in [2.45, 2.75) is 0 Å². The molecule has 0 saturated carbocycles. The number of hydrogen-bond donors (Lipinski definition) is 0. The Morgan fingerprint density at radius 3 is 2.19 bits per heavy atom. The molecule has 136 valence electrons. The average molecular weight is 352 g/mol. The maximum atomic E-state index is 12.5. The molecule has 26 heavy (non-hydrogen) atoms. The van der Waals surface area contributed by atoms with Crippen molar-refractivity contribution in [1.82, 2.24) is 4.90 Å². The zero-order chi connectivity index (χ0) is 18.4. The van der Waals surface area contributed by atoms with E-state index in [1.807, 2.05) is 53.4 Å². The number of methoxy groups -OCH3 is 2. The number of nitrogens with zero attached hydrogens (tertiary/aromatic N) is 2. The first-order chi connectivity index (χ1) is 12.7. The van der Waals surface area contributed by atoms with Crippen molar-refractivity contribution in [2.24, 2.45) is 0 Å². The minimum Gasteiger partial charge on any atom is -0.496 e. The molecule has 1 aliphatic heterocycles. The summed E-state index contributed by atoms with van der Waals surface area (Å²) in [5.74, 6) is 1.65. The zero-order valence-corrected chi connectivity index (χ0v) is 15.2. The molecule has 0 spiro atoms. The molecule has 2 aromatic rings. The molecule has 0 bridgehead atoms. The first-order valence-electron chi connectivity index (χ1n) is 8.71. The highest BCUT2D eigenvalue weighted by molar-refractivity contribution is 5.92.